The topological polar surface area (TPSA) is 55.8 Å². The Morgan fingerprint density at radius 3 is 2.29 bits per heavy atom. The van der Waals surface area contributed by atoms with Crippen molar-refractivity contribution >= 4 is 10.0 Å². The number of ether oxygens (including phenoxy) is 2. The zero-order valence-corrected chi connectivity index (χ0v) is 15.2. The third-order valence-corrected chi connectivity index (χ3v) is 6.02. The molecule has 0 aliphatic rings. The molecule has 5 nitrogen and oxygen atoms in total. The van der Waals surface area contributed by atoms with Crippen LogP contribution in [0.25, 0.3) is 0 Å². The highest BCUT2D eigenvalue weighted by Crippen LogP contribution is 2.31. The van der Waals surface area contributed by atoms with Crippen molar-refractivity contribution in [2.75, 3.05) is 21.3 Å². The first-order valence-corrected chi connectivity index (χ1v) is 9.08. The number of hydrogen-bond donors (Lipinski definition) is 0. The summed E-state index contributed by atoms with van der Waals surface area (Å²) in [4.78, 5) is 0.103. The van der Waals surface area contributed by atoms with Gasteiger partial charge in [-0.15, -0.1) is 0 Å². The second-order valence-corrected chi connectivity index (χ2v) is 7.54. The van der Waals surface area contributed by atoms with Gasteiger partial charge in [0, 0.05) is 19.2 Å². The molecule has 0 aliphatic heterocycles. The maximum atomic E-state index is 13.0. The quantitative estimate of drug-likeness (QED) is 0.771. The van der Waals surface area contributed by atoms with Gasteiger partial charge in [0.1, 0.15) is 16.4 Å². The summed E-state index contributed by atoms with van der Waals surface area (Å²) in [5.74, 6) is 0.771. The van der Waals surface area contributed by atoms with Crippen molar-refractivity contribution in [3.05, 3.63) is 54.1 Å². The lowest BCUT2D eigenvalue weighted by atomic mass is 10.1. The van der Waals surface area contributed by atoms with E-state index in [0.717, 1.165) is 5.56 Å². The molecule has 6 heteroatoms. The molecule has 2 aromatic carbocycles. The minimum atomic E-state index is -3.71. The first-order valence-electron chi connectivity index (χ1n) is 7.64. The second-order valence-electron chi connectivity index (χ2n) is 5.58. The van der Waals surface area contributed by atoms with Gasteiger partial charge in [-0.2, -0.15) is 4.31 Å². The van der Waals surface area contributed by atoms with Crippen molar-refractivity contribution in [1.82, 2.24) is 4.31 Å². The number of sulfonamides is 1. The van der Waals surface area contributed by atoms with Crippen LogP contribution < -0.4 is 9.47 Å². The van der Waals surface area contributed by atoms with E-state index in [1.807, 2.05) is 37.3 Å². The minimum absolute atomic E-state index is 0.103. The highest BCUT2D eigenvalue weighted by Gasteiger charge is 2.29. The normalized spacial score (nSPS) is 12.9. The van der Waals surface area contributed by atoms with E-state index in [9.17, 15) is 8.42 Å². The maximum absolute atomic E-state index is 13.0. The van der Waals surface area contributed by atoms with Crippen LogP contribution >= 0.6 is 0 Å². The summed E-state index contributed by atoms with van der Waals surface area (Å²) in [6.07, 6.45) is 0.628. The van der Waals surface area contributed by atoms with Gasteiger partial charge in [0.2, 0.25) is 10.0 Å². The zero-order chi connectivity index (χ0) is 17.7. The molecule has 0 spiro atoms. The summed E-state index contributed by atoms with van der Waals surface area (Å²) in [6, 6.07) is 14.4. The summed E-state index contributed by atoms with van der Waals surface area (Å²) in [5.41, 5.74) is 1.09. The molecule has 2 rings (SSSR count). The fraction of sp³-hybridized carbons (Fsp3) is 0.333. The van der Waals surface area contributed by atoms with Crippen molar-refractivity contribution in [2.45, 2.75) is 24.3 Å². The molecule has 0 saturated carbocycles. The number of methoxy groups -OCH3 is 2. The zero-order valence-electron chi connectivity index (χ0n) is 14.4. The van der Waals surface area contributed by atoms with Gasteiger partial charge in [0.25, 0.3) is 0 Å². The van der Waals surface area contributed by atoms with Crippen LogP contribution in [0.1, 0.15) is 12.5 Å². The molecule has 0 aliphatic carbocycles. The van der Waals surface area contributed by atoms with Gasteiger partial charge in [0.15, 0.2) is 0 Å². The van der Waals surface area contributed by atoms with E-state index < -0.39 is 10.0 Å². The van der Waals surface area contributed by atoms with Gasteiger partial charge in [-0.1, -0.05) is 30.3 Å². The summed E-state index contributed by atoms with van der Waals surface area (Å²) in [7, 11) is 0.832. The smallest absolute Gasteiger partial charge is 0.246 e. The number of likely N-dealkylation sites (N-methyl/N-ethyl adjacent to an activating group) is 1. The molecular formula is C18H23NO4S. The Balaban J connectivity index is 2.32. The van der Waals surface area contributed by atoms with Crippen molar-refractivity contribution in [2.24, 2.45) is 0 Å². The first-order chi connectivity index (χ1) is 11.4. The van der Waals surface area contributed by atoms with Crippen molar-refractivity contribution in [1.29, 1.82) is 0 Å². The Morgan fingerprint density at radius 1 is 1.04 bits per heavy atom. The van der Waals surface area contributed by atoms with Gasteiger partial charge >= 0.3 is 0 Å². The van der Waals surface area contributed by atoms with E-state index in [4.69, 9.17) is 9.47 Å². The van der Waals surface area contributed by atoms with Crippen LogP contribution in [0.4, 0.5) is 0 Å². The lowest BCUT2D eigenvalue weighted by molar-refractivity contribution is 0.371. The molecule has 0 bridgehead atoms. The van der Waals surface area contributed by atoms with Gasteiger partial charge in [-0.25, -0.2) is 8.42 Å². The van der Waals surface area contributed by atoms with E-state index in [2.05, 4.69) is 0 Å². The fourth-order valence-corrected chi connectivity index (χ4v) is 3.99. The van der Waals surface area contributed by atoms with Crippen LogP contribution in [0, 0.1) is 0 Å². The van der Waals surface area contributed by atoms with Crippen LogP contribution in [0.5, 0.6) is 11.5 Å². The number of benzene rings is 2. The fourth-order valence-electron chi connectivity index (χ4n) is 2.46. The largest absolute Gasteiger partial charge is 0.497 e. The molecule has 0 radical (unpaired) electrons. The molecule has 0 saturated heterocycles. The predicted octanol–water partition coefficient (Wildman–Crippen LogP) is 2.96. The predicted molar refractivity (Wildman–Crippen MR) is 94.1 cm³/mol. The van der Waals surface area contributed by atoms with Crippen molar-refractivity contribution in [3.8, 4) is 11.5 Å². The summed E-state index contributed by atoms with van der Waals surface area (Å²) < 4.78 is 37.7. The monoisotopic (exact) mass is 349 g/mol. The lowest BCUT2D eigenvalue weighted by Crippen LogP contribution is -2.36. The highest BCUT2D eigenvalue weighted by molar-refractivity contribution is 7.89. The third-order valence-electron chi connectivity index (χ3n) is 4.02. The molecular weight excluding hydrogens is 326 g/mol. The number of hydrogen-bond acceptors (Lipinski definition) is 4. The molecule has 24 heavy (non-hydrogen) atoms. The maximum Gasteiger partial charge on any atom is 0.246 e. The average molecular weight is 349 g/mol. The summed E-state index contributed by atoms with van der Waals surface area (Å²) in [6.45, 7) is 1.89. The van der Waals surface area contributed by atoms with Crippen molar-refractivity contribution < 1.29 is 17.9 Å². The lowest BCUT2D eigenvalue weighted by Gasteiger charge is -2.25. The SMILES string of the molecule is COc1ccc(OC)c(S(=O)(=O)N(C)[C@@H](C)Cc2ccccc2)c1. The molecule has 130 valence electrons. The summed E-state index contributed by atoms with van der Waals surface area (Å²) in [5, 5.41) is 0. The molecule has 0 fully saturated rings. The number of rotatable bonds is 7. The average Bonchev–Trinajstić information content (AvgIpc) is 2.61. The second kappa shape index (κ2) is 7.68. The molecule has 0 amide bonds. The van der Waals surface area contributed by atoms with Crippen LogP contribution in [-0.2, 0) is 16.4 Å². The molecule has 0 N–H and O–H groups in total. The van der Waals surface area contributed by atoms with Gasteiger partial charge in [-0.05, 0) is 31.0 Å². The van der Waals surface area contributed by atoms with E-state index in [-0.39, 0.29) is 10.9 Å². The Morgan fingerprint density at radius 2 is 1.71 bits per heavy atom. The molecule has 1 atom stereocenters. The standard InChI is InChI=1S/C18H23NO4S/c1-14(12-15-8-6-5-7-9-15)19(2)24(20,21)18-13-16(22-3)10-11-17(18)23-4/h5-11,13-14H,12H2,1-4H3/t14-/m0/s1. The van der Waals surface area contributed by atoms with E-state index in [1.165, 1.54) is 24.6 Å². The Kier molecular flexibility index (Phi) is 5.85. The molecule has 0 heterocycles. The van der Waals surface area contributed by atoms with Gasteiger partial charge in [0.05, 0.1) is 14.2 Å². The third kappa shape index (κ3) is 3.88. The summed E-state index contributed by atoms with van der Waals surface area (Å²) >= 11 is 0. The molecule has 0 aromatic heterocycles. The van der Waals surface area contributed by atoms with Gasteiger partial charge < -0.3 is 9.47 Å². The van der Waals surface area contributed by atoms with Crippen LogP contribution in [-0.4, -0.2) is 40.0 Å². The van der Waals surface area contributed by atoms with E-state index >= 15 is 0 Å². The molecule has 0 unspecified atom stereocenters. The Hall–Kier alpha value is -2.05. The van der Waals surface area contributed by atoms with E-state index in [0.29, 0.717) is 17.9 Å². The van der Waals surface area contributed by atoms with Crippen LogP contribution in [0.15, 0.2) is 53.4 Å². The Bertz CT molecular complexity index is 775. The first kappa shape index (κ1) is 18.3. The highest BCUT2D eigenvalue weighted by atomic mass is 32.2. The minimum Gasteiger partial charge on any atom is -0.497 e. The van der Waals surface area contributed by atoms with E-state index in [1.54, 1.807) is 19.2 Å². The molecule has 2 aromatic rings. The van der Waals surface area contributed by atoms with Gasteiger partial charge in [-0.3, -0.25) is 0 Å². The van der Waals surface area contributed by atoms with Crippen LogP contribution in [0.3, 0.4) is 0 Å². The number of nitrogens with zero attached hydrogens (tertiary/aromatic N) is 1. The Labute approximate surface area is 143 Å². The van der Waals surface area contributed by atoms with Crippen LogP contribution in [0.2, 0.25) is 0 Å². The van der Waals surface area contributed by atoms with Crippen molar-refractivity contribution in [3.63, 3.8) is 0 Å².